The minimum Gasteiger partial charge on any atom is -0.449 e. The summed E-state index contributed by atoms with van der Waals surface area (Å²) in [6, 6.07) is 16.8. The molecule has 14 nitrogen and oxygen atoms in total. The minimum absolute atomic E-state index is 0.136. The van der Waals surface area contributed by atoms with Crippen LogP contribution in [0.2, 0.25) is 0 Å². The summed E-state index contributed by atoms with van der Waals surface area (Å²) < 4.78 is 32.0. The van der Waals surface area contributed by atoms with Crippen molar-refractivity contribution in [3.05, 3.63) is 84.4 Å². The molecule has 0 saturated carbocycles. The van der Waals surface area contributed by atoms with Crippen molar-refractivity contribution < 1.29 is 43.0 Å². The maximum absolute atomic E-state index is 13.2. The van der Waals surface area contributed by atoms with E-state index in [0.717, 1.165) is 0 Å². The number of nitrogens with one attached hydrogen (secondary N) is 1. The van der Waals surface area contributed by atoms with Crippen molar-refractivity contribution >= 4 is 36.5 Å². The molecule has 3 N–H and O–H groups in total. The minimum atomic E-state index is -4.86. The fourth-order valence-corrected chi connectivity index (χ4v) is 7.05. The molecule has 45 heavy (non-hydrogen) atoms. The van der Waals surface area contributed by atoms with Crippen LogP contribution in [0.3, 0.4) is 0 Å². The molecule has 1 aliphatic heterocycles. The highest BCUT2D eigenvalue weighted by Crippen LogP contribution is 2.60. The molecule has 0 aliphatic carbocycles. The Kier molecular flexibility index (Phi) is 9.33. The molecule has 5 rings (SSSR count). The zero-order valence-corrected chi connectivity index (χ0v) is 25.9. The number of carbonyl (C=O) groups is 2. The Bertz CT molecular complexity index is 1690. The molecule has 2 aromatic carbocycles. The Morgan fingerprint density at radius 3 is 2.20 bits per heavy atom. The first-order valence-corrected chi connectivity index (χ1v) is 15.9. The van der Waals surface area contributed by atoms with E-state index in [0.29, 0.717) is 5.56 Å². The summed E-state index contributed by atoms with van der Waals surface area (Å²) in [4.78, 5) is 65.6. The number of rotatable bonds is 11. The third kappa shape index (κ3) is 6.46. The molecule has 0 bridgehead atoms. The van der Waals surface area contributed by atoms with E-state index in [2.05, 4.69) is 20.3 Å². The maximum Gasteiger partial charge on any atom is 0.357 e. The quantitative estimate of drug-likeness (QED) is 0.160. The molecular formula is C30H34N5O9P. The molecule has 1 unspecified atom stereocenters. The van der Waals surface area contributed by atoms with Crippen molar-refractivity contribution in [1.29, 1.82) is 0 Å². The largest absolute Gasteiger partial charge is 0.449 e. The highest BCUT2D eigenvalue weighted by Gasteiger charge is 2.57. The van der Waals surface area contributed by atoms with Crippen LogP contribution in [-0.2, 0) is 18.8 Å². The lowest BCUT2D eigenvalue weighted by Gasteiger charge is -2.43. The Morgan fingerprint density at radius 2 is 1.60 bits per heavy atom. The average molecular weight is 640 g/mol. The highest BCUT2D eigenvalue weighted by atomic mass is 31.2. The molecule has 2 aromatic heterocycles. The fourth-order valence-electron chi connectivity index (χ4n) is 5.43. The monoisotopic (exact) mass is 639 g/mol. The lowest BCUT2D eigenvalue weighted by molar-refractivity contribution is -0.166. The first kappa shape index (κ1) is 32.2. The summed E-state index contributed by atoms with van der Waals surface area (Å²) in [7, 11) is -4.86. The number of anilines is 1. The number of ether oxygens (including phenoxy) is 3. The number of benzene rings is 2. The summed E-state index contributed by atoms with van der Waals surface area (Å²) in [5.74, 6) is -2.22. The Balaban J connectivity index is 1.45. The second-order valence-electron chi connectivity index (χ2n) is 11.1. The van der Waals surface area contributed by atoms with Crippen molar-refractivity contribution in [3.8, 4) is 0 Å². The molecule has 3 heterocycles. The second-order valence-corrected chi connectivity index (χ2v) is 12.9. The van der Waals surface area contributed by atoms with Gasteiger partial charge in [0.25, 0.3) is 12.2 Å². The summed E-state index contributed by atoms with van der Waals surface area (Å²) in [6.45, 7) is 6.40. The van der Waals surface area contributed by atoms with E-state index in [1.165, 1.54) is 17.4 Å². The van der Waals surface area contributed by atoms with Crippen LogP contribution in [0.1, 0.15) is 48.4 Å². The fraction of sp³-hybridized carbons (Fsp3) is 0.367. The topological polar surface area (TPSA) is 184 Å². The predicted molar refractivity (Wildman–Crippen MR) is 161 cm³/mol. The Labute approximate surface area is 258 Å². The van der Waals surface area contributed by atoms with Gasteiger partial charge in [-0.15, -0.1) is 4.73 Å². The van der Waals surface area contributed by atoms with Gasteiger partial charge in [0.15, 0.2) is 22.8 Å². The van der Waals surface area contributed by atoms with Crippen LogP contribution in [0.15, 0.2) is 73.3 Å². The predicted octanol–water partition coefficient (Wildman–Crippen LogP) is 3.66. The van der Waals surface area contributed by atoms with E-state index >= 15 is 0 Å². The number of carbonyl (C=O) groups excluding carboxylic acids is 2. The standard InChI is InChI=1S/C30H34N5O9P/c1-18(2)30(19(3)4,45(38,39)40)43-22-15-41-29(24(22)42-28(37)21-13-9-6-10-14-21)44-35-17-33-23-25(31-16-32-26(23)35)34-27(36)20-11-7-5-8-12-20/h5-14,16-19,22,24,29H,15H2,1-4H3,(H2,38,39,40)(H,31,32,34,36)/t22-,24+,29?/m0/s1. The SMILES string of the molecule is CC(C)C(O[C@H]1COC(On2cnc3c(NC(=O)c4ccccc4)ncnc32)[C@@H]1OC(=O)c1ccccc1)(C(C)C)P(=O)(O)O. The molecule has 3 atom stereocenters. The van der Waals surface area contributed by atoms with Crippen molar-refractivity contribution in [2.75, 3.05) is 11.9 Å². The molecule has 1 amide bonds. The third-order valence-corrected chi connectivity index (χ3v) is 9.60. The van der Waals surface area contributed by atoms with Gasteiger partial charge in [-0.3, -0.25) is 9.36 Å². The third-order valence-electron chi connectivity index (χ3n) is 7.55. The van der Waals surface area contributed by atoms with E-state index in [4.69, 9.17) is 19.0 Å². The van der Waals surface area contributed by atoms with Crippen LogP contribution in [0.5, 0.6) is 0 Å². The lowest BCUT2D eigenvalue weighted by atomic mass is 9.94. The van der Waals surface area contributed by atoms with Gasteiger partial charge in [-0.2, -0.15) is 0 Å². The zero-order valence-electron chi connectivity index (χ0n) is 25.0. The van der Waals surface area contributed by atoms with Gasteiger partial charge in [-0.25, -0.2) is 19.7 Å². The van der Waals surface area contributed by atoms with Crippen molar-refractivity contribution in [1.82, 2.24) is 19.7 Å². The van der Waals surface area contributed by atoms with Crippen molar-refractivity contribution in [2.24, 2.45) is 11.8 Å². The molecule has 1 fully saturated rings. The molecule has 0 spiro atoms. The smallest absolute Gasteiger partial charge is 0.357 e. The van der Waals surface area contributed by atoms with E-state index in [-0.39, 0.29) is 29.2 Å². The van der Waals surface area contributed by atoms with Crippen LogP contribution in [-0.4, -0.2) is 71.8 Å². The zero-order chi connectivity index (χ0) is 32.4. The van der Waals surface area contributed by atoms with Gasteiger partial charge in [0.2, 0.25) is 5.65 Å². The summed E-state index contributed by atoms with van der Waals surface area (Å²) in [6.07, 6.45) is -1.18. The van der Waals surface area contributed by atoms with E-state index < -0.39 is 55.1 Å². The van der Waals surface area contributed by atoms with Gasteiger partial charge in [-0.05, 0) is 36.1 Å². The highest BCUT2D eigenvalue weighted by molar-refractivity contribution is 7.53. The van der Waals surface area contributed by atoms with Crippen LogP contribution in [0, 0.1) is 11.8 Å². The number of esters is 1. The molecule has 1 saturated heterocycles. The summed E-state index contributed by atoms with van der Waals surface area (Å²) in [5.41, 5.74) is 1.05. The van der Waals surface area contributed by atoms with E-state index in [1.54, 1.807) is 88.4 Å². The van der Waals surface area contributed by atoms with Crippen LogP contribution in [0.25, 0.3) is 11.2 Å². The number of hydrogen-bond donors (Lipinski definition) is 3. The first-order chi connectivity index (χ1) is 21.4. The molecule has 4 aromatic rings. The van der Waals surface area contributed by atoms with Gasteiger partial charge in [0, 0.05) is 5.56 Å². The maximum atomic E-state index is 13.2. The lowest BCUT2D eigenvalue weighted by Crippen LogP contribution is -2.50. The molecule has 238 valence electrons. The van der Waals surface area contributed by atoms with E-state index in [1.807, 2.05) is 0 Å². The van der Waals surface area contributed by atoms with E-state index in [9.17, 15) is 23.9 Å². The second kappa shape index (κ2) is 13.0. The summed E-state index contributed by atoms with van der Waals surface area (Å²) >= 11 is 0. The summed E-state index contributed by atoms with van der Waals surface area (Å²) in [5, 5.41) is 0.805. The first-order valence-electron chi connectivity index (χ1n) is 14.2. The van der Waals surface area contributed by atoms with Gasteiger partial charge < -0.3 is 34.2 Å². The number of fused-ring (bicyclic) bond motifs is 1. The average Bonchev–Trinajstić information content (AvgIpc) is 3.59. The Morgan fingerprint density at radius 1 is 0.978 bits per heavy atom. The van der Waals surface area contributed by atoms with Crippen LogP contribution in [0.4, 0.5) is 5.82 Å². The van der Waals surface area contributed by atoms with Gasteiger partial charge in [0.1, 0.15) is 18.8 Å². The number of imidazole rings is 1. The van der Waals surface area contributed by atoms with Crippen molar-refractivity contribution in [2.45, 2.75) is 51.5 Å². The van der Waals surface area contributed by atoms with Crippen LogP contribution >= 0.6 is 7.60 Å². The van der Waals surface area contributed by atoms with Gasteiger partial charge in [0.05, 0.1) is 12.2 Å². The normalized spacial score (nSPS) is 18.8. The number of amides is 1. The number of hydrogen-bond acceptors (Lipinski definition) is 10. The van der Waals surface area contributed by atoms with Crippen LogP contribution < -0.4 is 10.2 Å². The van der Waals surface area contributed by atoms with Crippen molar-refractivity contribution in [3.63, 3.8) is 0 Å². The van der Waals surface area contributed by atoms with Gasteiger partial charge in [-0.1, -0.05) is 64.1 Å². The Hall–Kier alpha value is -4.20. The number of nitrogens with zero attached hydrogens (tertiary/aromatic N) is 4. The number of aromatic nitrogens is 4. The molecule has 15 heteroatoms. The molecular weight excluding hydrogens is 605 g/mol. The molecule has 1 aliphatic rings. The van der Waals surface area contributed by atoms with Gasteiger partial charge >= 0.3 is 13.6 Å². The molecule has 0 radical (unpaired) electrons.